The van der Waals surface area contributed by atoms with E-state index in [2.05, 4.69) is 5.32 Å². The summed E-state index contributed by atoms with van der Waals surface area (Å²) < 4.78 is 17.6. The molecule has 1 aliphatic carbocycles. The third-order valence-electron chi connectivity index (χ3n) is 7.53. The standard InChI is InChI=1S/C27H29NO6/c1-15-12-19(29)18-14-26(31,17-8-6-5-7-9-17)10-11-28-24(18)27(15)25(30)22-21(33-4)13-20(32-3)16(2)23(22)34-27/h5-9,13,15,28,31H,10-12,14H2,1-4H3/t15-,26-,27+/m1/s1. The van der Waals surface area contributed by atoms with Crippen LogP contribution in [-0.2, 0) is 10.4 Å². The topological polar surface area (TPSA) is 94.1 Å². The number of carbonyl (C=O) groups excluding carboxylic acids is 2. The molecule has 1 spiro atoms. The van der Waals surface area contributed by atoms with Crippen LogP contribution < -0.4 is 19.5 Å². The number of methoxy groups -OCH3 is 2. The molecular formula is C27H29NO6. The van der Waals surface area contributed by atoms with Crippen molar-refractivity contribution in [1.29, 1.82) is 0 Å². The highest BCUT2D eigenvalue weighted by molar-refractivity contribution is 6.14. The normalized spacial score (nSPS) is 28.1. The highest BCUT2D eigenvalue weighted by Crippen LogP contribution is 2.54. The molecule has 3 aliphatic rings. The van der Waals surface area contributed by atoms with E-state index in [1.807, 2.05) is 44.2 Å². The fourth-order valence-electron chi connectivity index (χ4n) is 5.66. The van der Waals surface area contributed by atoms with Crippen LogP contribution in [0.4, 0.5) is 0 Å². The summed E-state index contributed by atoms with van der Waals surface area (Å²) >= 11 is 0. The first kappa shape index (κ1) is 22.5. The Morgan fingerprint density at radius 3 is 2.50 bits per heavy atom. The summed E-state index contributed by atoms with van der Waals surface area (Å²) in [4.78, 5) is 27.4. The van der Waals surface area contributed by atoms with Gasteiger partial charge in [0.2, 0.25) is 11.4 Å². The van der Waals surface area contributed by atoms with E-state index in [-0.39, 0.29) is 24.4 Å². The van der Waals surface area contributed by atoms with Crippen molar-refractivity contribution in [1.82, 2.24) is 5.32 Å². The molecule has 0 saturated carbocycles. The Bertz CT molecular complexity index is 1220. The summed E-state index contributed by atoms with van der Waals surface area (Å²) in [7, 11) is 3.06. The zero-order valence-electron chi connectivity index (χ0n) is 19.9. The molecule has 0 bridgehead atoms. The molecule has 2 aromatic carbocycles. The van der Waals surface area contributed by atoms with Crippen molar-refractivity contribution in [3.05, 3.63) is 64.4 Å². The van der Waals surface area contributed by atoms with Crippen molar-refractivity contribution in [2.45, 2.75) is 44.3 Å². The van der Waals surface area contributed by atoms with Crippen LogP contribution in [0.1, 0.15) is 47.7 Å². The Balaban J connectivity index is 1.68. The van der Waals surface area contributed by atoms with Gasteiger partial charge in [-0.2, -0.15) is 0 Å². The molecule has 2 aromatic rings. The van der Waals surface area contributed by atoms with Gasteiger partial charge in [0.25, 0.3) is 0 Å². The third-order valence-corrected chi connectivity index (χ3v) is 7.53. The van der Waals surface area contributed by atoms with Crippen LogP contribution in [0.25, 0.3) is 0 Å². The summed E-state index contributed by atoms with van der Waals surface area (Å²) in [6.45, 7) is 4.09. The van der Waals surface area contributed by atoms with Crippen LogP contribution in [0.3, 0.4) is 0 Å². The van der Waals surface area contributed by atoms with Crippen LogP contribution in [-0.4, -0.2) is 43.0 Å². The highest BCUT2D eigenvalue weighted by atomic mass is 16.5. The van der Waals surface area contributed by atoms with E-state index in [9.17, 15) is 14.7 Å². The van der Waals surface area contributed by atoms with Crippen molar-refractivity contribution < 1.29 is 28.9 Å². The van der Waals surface area contributed by atoms with Gasteiger partial charge in [0.15, 0.2) is 5.78 Å². The number of benzene rings is 2. The molecule has 0 fully saturated rings. The molecule has 2 aliphatic heterocycles. The first-order chi connectivity index (χ1) is 16.3. The Morgan fingerprint density at radius 1 is 1.12 bits per heavy atom. The monoisotopic (exact) mass is 463 g/mol. The number of carbonyl (C=O) groups is 2. The second kappa shape index (κ2) is 7.87. The minimum Gasteiger partial charge on any atom is -0.496 e. The average Bonchev–Trinajstić information content (AvgIpc) is 3.02. The predicted molar refractivity (Wildman–Crippen MR) is 125 cm³/mol. The maximum Gasteiger partial charge on any atom is 0.220 e. The van der Waals surface area contributed by atoms with Gasteiger partial charge in [0.05, 0.1) is 25.5 Å². The molecule has 178 valence electrons. The van der Waals surface area contributed by atoms with E-state index in [4.69, 9.17) is 14.2 Å². The molecule has 7 heteroatoms. The minimum atomic E-state index is -1.39. The number of rotatable bonds is 3. The first-order valence-electron chi connectivity index (χ1n) is 11.5. The van der Waals surface area contributed by atoms with Gasteiger partial charge >= 0.3 is 0 Å². The molecule has 0 aromatic heterocycles. The minimum absolute atomic E-state index is 0.0782. The van der Waals surface area contributed by atoms with Gasteiger partial charge in [0, 0.05) is 42.5 Å². The van der Waals surface area contributed by atoms with Crippen LogP contribution in [0, 0.1) is 12.8 Å². The number of nitrogens with one attached hydrogen (secondary N) is 1. The number of ketones is 2. The molecule has 2 heterocycles. The van der Waals surface area contributed by atoms with E-state index < -0.39 is 17.1 Å². The lowest BCUT2D eigenvalue weighted by molar-refractivity contribution is -0.119. The van der Waals surface area contributed by atoms with Crippen molar-refractivity contribution >= 4 is 11.6 Å². The van der Waals surface area contributed by atoms with E-state index in [0.29, 0.717) is 52.6 Å². The van der Waals surface area contributed by atoms with Crippen LogP contribution in [0.15, 0.2) is 47.7 Å². The Labute approximate surface area is 198 Å². The van der Waals surface area contributed by atoms with Crippen molar-refractivity contribution in [2.75, 3.05) is 20.8 Å². The second-order valence-corrected chi connectivity index (χ2v) is 9.41. The zero-order valence-corrected chi connectivity index (χ0v) is 19.9. The lowest BCUT2D eigenvalue weighted by Crippen LogP contribution is -2.55. The molecule has 2 N–H and O–H groups in total. The predicted octanol–water partition coefficient (Wildman–Crippen LogP) is 3.46. The van der Waals surface area contributed by atoms with Crippen molar-refractivity contribution in [3.63, 3.8) is 0 Å². The van der Waals surface area contributed by atoms with Gasteiger partial charge in [-0.25, -0.2) is 0 Å². The average molecular weight is 464 g/mol. The van der Waals surface area contributed by atoms with E-state index >= 15 is 0 Å². The van der Waals surface area contributed by atoms with E-state index in [1.165, 1.54) is 7.11 Å². The number of Topliss-reactive ketones (excluding diaryl/α,β-unsaturated/α-hetero) is 2. The fraction of sp³-hybridized carbons (Fsp3) is 0.407. The zero-order chi connectivity index (χ0) is 24.3. The quantitative estimate of drug-likeness (QED) is 0.720. The molecule has 0 saturated heterocycles. The first-order valence-corrected chi connectivity index (χ1v) is 11.5. The number of ether oxygens (including phenoxy) is 3. The molecular weight excluding hydrogens is 434 g/mol. The molecule has 7 nitrogen and oxygen atoms in total. The summed E-state index contributed by atoms with van der Waals surface area (Å²) in [6, 6.07) is 11.1. The van der Waals surface area contributed by atoms with E-state index in [1.54, 1.807) is 13.2 Å². The fourth-order valence-corrected chi connectivity index (χ4v) is 5.66. The number of hydrogen-bond acceptors (Lipinski definition) is 7. The maximum absolute atomic E-state index is 14.1. The molecule has 0 unspecified atom stereocenters. The number of fused-ring (bicyclic) bond motifs is 2. The summed E-state index contributed by atoms with van der Waals surface area (Å²) in [5, 5.41) is 15.0. The summed E-state index contributed by atoms with van der Waals surface area (Å²) in [5.41, 5.74) is 0.0699. The number of aliphatic hydroxyl groups is 1. The number of hydrogen-bond donors (Lipinski definition) is 2. The van der Waals surface area contributed by atoms with Gasteiger partial charge < -0.3 is 24.6 Å². The lowest BCUT2D eigenvalue weighted by Gasteiger charge is -2.40. The molecule has 0 amide bonds. The lowest BCUT2D eigenvalue weighted by atomic mass is 9.70. The maximum atomic E-state index is 14.1. The van der Waals surface area contributed by atoms with Gasteiger partial charge in [-0.1, -0.05) is 37.3 Å². The van der Waals surface area contributed by atoms with E-state index in [0.717, 1.165) is 5.56 Å². The summed E-state index contributed by atoms with van der Waals surface area (Å²) in [5.74, 6) is 0.616. The van der Waals surface area contributed by atoms with Gasteiger partial charge in [-0.05, 0) is 18.9 Å². The Hall–Kier alpha value is -3.32. The van der Waals surface area contributed by atoms with Crippen LogP contribution in [0.2, 0.25) is 0 Å². The van der Waals surface area contributed by atoms with Crippen LogP contribution in [0.5, 0.6) is 17.2 Å². The Kier molecular flexibility index (Phi) is 5.20. The van der Waals surface area contributed by atoms with Crippen molar-refractivity contribution in [3.8, 4) is 17.2 Å². The van der Waals surface area contributed by atoms with Gasteiger partial charge in [0.1, 0.15) is 22.8 Å². The molecule has 3 atom stereocenters. The molecule has 5 rings (SSSR count). The highest BCUT2D eigenvalue weighted by Gasteiger charge is 2.61. The molecule has 0 radical (unpaired) electrons. The van der Waals surface area contributed by atoms with Gasteiger partial charge in [-0.3, -0.25) is 9.59 Å². The smallest absolute Gasteiger partial charge is 0.220 e. The van der Waals surface area contributed by atoms with Crippen molar-refractivity contribution in [2.24, 2.45) is 5.92 Å². The second-order valence-electron chi connectivity index (χ2n) is 9.41. The Morgan fingerprint density at radius 2 is 1.82 bits per heavy atom. The SMILES string of the molecule is COc1cc(OC)c2c(c1C)O[C@]1(C2=O)C2=C(C[C@@](O)(c3ccccc3)CCN2)C(=O)C[C@H]1C. The largest absolute Gasteiger partial charge is 0.496 e. The van der Waals surface area contributed by atoms with Gasteiger partial charge in [-0.15, -0.1) is 0 Å². The summed E-state index contributed by atoms with van der Waals surface area (Å²) in [6.07, 6.45) is 0.641. The molecule has 34 heavy (non-hydrogen) atoms. The third kappa shape index (κ3) is 2.99. The van der Waals surface area contributed by atoms with Crippen LogP contribution >= 0.6 is 0 Å².